The van der Waals surface area contributed by atoms with Gasteiger partial charge in [-0.3, -0.25) is 0 Å². The van der Waals surface area contributed by atoms with Crippen molar-refractivity contribution in [3.05, 3.63) is 18.2 Å². The monoisotopic (exact) mass is 258 g/mol. The number of carbonyl (C=O) groups is 2. The van der Waals surface area contributed by atoms with E-state index in [9.17, 15) is 9.59 Å². The molecule has 17 heavy (non-hydrogen) atoms. The first-order valence-electron chi connectivity index (χ1n) is 4.89. The van der Waals surface area contributed by atoms with Crippen molar-refractivity contribution in [2.75, 3.05) is 5.75 Å². The van der Waals surface area contributed by atoms with Crippen molar-refractivity contribution in [3.8, 4) is 0 Å². The molecule has 8 heteroatoms. The quantitative estimate of drug-likeness (QED) is 0.293. The lowest BCUT2D eigenvalue weighted by atomic mass is 10.2. The summed E-state index contributed by atoms with van der Waals surface area (Å²) in [7, 11) is 0. The van der Waals surface area contributed by atoms with Crippen molar-refractivity contribution in [2.45, 2.75) is 18.5 Å². The molecule has 0 saturated heterocycles. The highest BCUT2D eigenvalue weighted by molar-refractivity contribution is 7.80. The van der Waals surface area contributed by atoms with E-state index < -0.39 is 24.0 Å². The van der Waals surface area contributed by atoms with Gasteiger partial charge in [-0.2, -0.15) is 12.6 Å². The number of nitrogens with two attached hydrogens (primary N) is 2. The first kappa shape index (κ1) is 13.7. The Morgan fingerprint density at radius 1 is 1.41 bits per heavy atom. The van der Waals surface area contributed by atoms with Crippen molar-refractivity contribution in [3.63, 3.8) is 0 Å². The number of hydrogen-bond acceptors (Lipinski definition) is 7. The Bertz CT molecular complexity index is 382. The molecule has 5 N–H and O–H groups in total. The summed E-state index contributed by atoms with van der Waals surface area (Å²) in [4.78, 5) is 29.2. The molecule has 0 unspecified atom stereocenters. The van der Waals surface area contributed by atoms with Crippen LogP contribution in [0.1, 0.15) is 5.69 Å². The molecule has 0 radical (unpaired) electrons. The first-order chi connectivity index (χ1) is 8.04. The predicted molar refractivity (Wildman–Crippen MR) is 63.2 cm³/mol. The summed E-state index contributed by atoms with van der Waals surface area (Å²) in [6.45, 7) is 0. The maximum atomic E-state index is 11.4. The van der Waals surface area contributed by atoms with E-state index in [-0.39, 0.29) is 12.2 Å². The van der Waals surface area contributed by atoms with E-state index in [1.54, 1.807) is 0 Å². The van der Waals surface area contributed by atoms with Gasteiger partial charge in [0.1, 0.15) is 12.1 Å². The van der Waals surface area contributed by atoms with Gasteiger partial charge in [-0.1, -0.05) is 0 Å². The van der Waals surface area contributed by atoms with Crippen molar-refractivity contribution < 1.29 is 14.3 Å². The normalized spacial score (nSPS) is 14.1. The topological polar surface area (TPSA) is 124 Å². The zero-order valence-electron chi connectivity index (χ0n) is 9.00. The molecule has 2 atom stereocenters. The van der Waals surface area contributed by atoms with E-state index in [0.29, 0.717) is 5.69 Å². The fraction of sp³-hybridized carbons (Fsp3) is 0.444. The van der Waals surface area contributed by atoms with Crippen molar-refractivity contribution in [1.82, 2.24) is 9.97 Å². The van der Waals surface area contributed by atoms with Crippen LogP contribution >= 0.6 is 12.6 Å². The van der Waals surface area contributed by atoms with Gasteiger partial charge < -0.3 is 21.2 Å². The van der Waals surface area contributed by atoms with Gasteiger partial charge in [0.25, 0.3) is 0 Å². The molecule has 1 aromatic heterocycles. The Balaban J connectivity index is 2.44. The molecular weight excluding hydrogens is 244 g/mol. The third-order valence-electron chi connectivity index (χ3n) is 2.00. The summed E-state index contributed by atoms with van der Waals surface area (Å²) in [5.41, 5.74) is 11.6. The van der Waals surface area contributed by atoms with Crippen LogP contribution in [0.25, 0.3) is 0 Å². The van der Waals surface area contributed by atoms with Crippen LogP contribution in [0.5, 0.6) is 0 Å². The lowest BCUT2D eigenvalue weighted by molar-refractivity contribution is -0.161. The highest BCUT2D eigenvalue weighted by Crippen LogP contribution is 1.99. The van der Waals surface area contributed by atoms with Crippen molar-refractivity contribution in [2.24, 2.45) is 11.5 Å². The van der Waals surface area contributed by atoms with E-state index in [2.05, 4.69) is 27.3 Å². The Morgan fingerprint density at radius 2 is 2.06 bits per heavy atom. The minimum absolute atomic E-state index is 0.0991. The van der Waals surface area contributed by atoms with Crippen LogP contribution in [0, 0.1) is 0 Å². The third-order valence-corrected chi connectivity index (χ3v) is 2.39. The zero-order chi connectivity index (χ0) is 12.8. The largest absolute Gasteiger partial charge is 0.391 e. The van der Waals surface area contributed by atoms with Gasteiger partial charge in [0.05, 0.1) is 6.33 Å². The molecule has 94 valence electrons. The highest BCUT2D eigenvalue weighted by atomic mass is 32.1. The molecule has 0 saturated carbocycles. The lowest BCUT2D eigenvalue weighted by Gasteiger charge is -2.11. The number of nitrogens with zero attached hydrogens (tertiary/aromatic N) is 1. The summed E-state index contributed by atoms with van der Waals surface area (Å²) in [5, 5.41) is 0. The van der Waals surface area contributed by atoms with Crippen molar-refractivity contribution in [1.29, 1.82) is 0 Å². The van der Waals surface area contributed by atoms with Crippen LogP contribution in [0.3, 0.4) is 0 Å². The van der Waals surface area contributed by atoms with Crippen LogP contribution in [0.4, 0.5) is 0 Å². The summed E-state index contributed by atoms with van der Waals surface area (Å²) >= 11 is 3.82. The van der Waals surface area contributed by atoms with Gasteiger partial charge in [0.15, 0.2) is 0 Å². The number of aromatic amines is 1. The van der Waals surface area contributed by atoms with Crippen LogP contribution < -0.4 is 11.5 Å². The minimum atomic E-state index is -0.938. The fourth-order valence-electron chi connectivity index (χ4n) is 1.04. The molecule has 0 spiro atoms. The number of nitrogens with one attached hydrogen (secondary N) is 1. The van der Waals surface area contributed by atoms with Gasteiger partial charge in [-0.15, -0.1) is 0 Å². The molecule has 1 heterocycles. The minimum Gasteiger partial charge on any atom is -0.391 e. The van der Waals surface area contributed by atoms with E-state index >= 15 is 0 Å². The number of imidazole rings is 1. The molecule has 1 rings (SSSR count). The highest BCUT2D eigenvalue weighted by Gasteiger charge is 2.22. The van der Waals surface area contributed by atoms with Crippen molar-refractivity contribution >= 4 is 24.6 Å². The Hall–Kier alpha value is -1.38. The standard InChI is InChI=1S/C9H14N4O3S/c10-6(1-5-2-12-4-13-5)8(14)16-9(15)7(11)3-17/h2,4,6-7,17H,1,3,10-11H2,(H,12,13)/t6-,7-/m0/s1. The summed E-state index contributed by atoms with van der Waals surface area (Å²) < 4.78 is 4.50. The van der Waals surface area contributed by atoms with E-state index in [4.69, 9.17) is 11.5 Å². The Morgan fingerprint density at radius 3 is 2.59 bits per heavy atom. The molecule has 7 nitrogen and oxygen atoms in total. The lowest BCUT2D eigenvalue weighted by Crippen LogP contribution is -2.41. The van der Waals surface area contributed by atoms with Gasteiger partial charge in [0, 0.05) is 24.1 Å². The number of hydrogen-bond donors (Lipinski definition) is 4. The molecule has 0 aliphatic carbocycles. The molecule has 0 amide bonds. The van der Waals surface area contributed by atoms with E-state index in [1.807, 2.05) is 0 Å². The number of H-pyrrole nitrogens is 1. The average molecular weight is 258 g/mol. The summed E-state index contributed by atoms with van der Waals surface area (Å²) in [6.07, 6.45) is 3.21. The third kappa shape index (κ3) is 4.17. The van der Waals surface area contributed by atoms with Gasteiger partial charge >= 0.3 is 11.9 Å². The van der Waals surface area contributed by atoms with Crippen LogP contribution in [0.2, 0.25) is 0 Å². The second-order valence-electron chi connectivity index (χ2n) is 3.42. The predicted octanol–water partition coefficient (Wildman–Crippen LogP) is -1.39. The van der Waals surface area contributed by atoms with Gasteiger partial charge in [-0.05, 0) is 0 Å². The average Bonchev–Trinajstić information content (AvgIpc) is 2.80. The zero-order valence-corrected chi connectivity index (χ0v) is 9.89. The smallest absolute Gasteiger partial charge is 0.331 e. The second-order valence-corrected chi connectivity index (χ2v) is 3.78. The second kappa shape index (κ2) is 6.38. The number of esters is 2. The molecule has 0 fully saturated rings. The fourth-order valence-corrected chi connectivity index (χ4v) is 1.19. The van der Waals surface area contributed by atoms with E-state index in [0.717, 1.165) is 0 Å². The van der Waals surface area contributed by atoms with Gasteiger partial charge in [0.2, 0.25) is 0 Å². The molecule has 0 bridgehead atoms. The number of thiol groups is 1. The summed E-state index contributed by atoms with van der Waals surface area (Å²) in [5.74, 6) is -1.55. The maximum Gasteiger partial charge on any atom is 0.331 e. The number of carbonyl (C=O) groups excluding carboxylic acids is 2. The first-order valence-corrected chi connectivity index (χ1v) is 5.52. The van der Waals surface area contributed by atoms with E-state index in [1.165, 1.54) is 12.5 Å². The molecule has 0 aromatic carbocycles. The summed E-state index contributed by atoms with van der Waals surface area (Å²) in [6, 6.07) is -1.87. The molecule has 1 aromatic rings. The van der Waals surface area contributed by atoms with Crippen LogP contribution in [-0.2, 0) is 20.7 Å². The maximum absolute atomic E-state index is 11.4. The van der Waals surface area contributed by atoms with Crippen LogP contribution in [0.15, 0.2) is 12.5 Å². The molecule has 0 aliphatic heterocycles. The van der Waals surface area contributed by atoms with Gasteiger partial charge in [-0.25, -0.2) is 14.6 Å². The Labute approximate surface area is 103 Å². The number of rotatable bonds is 5. The number of ether oxygens (including phenoxy) is 1. The van der Waals surface area contributed by atoms with Crippen LogP contribution in [-0.4, -0.2) is 39.7 Å². The molecule has 0 aliphatic rings. The SMILES string of the molecule is N[C@@H](CS)C(=O)OC(=O)[C@@H](N)Cc1cnc[nH]1. The number of aromatic nitrogens is 2. The molecular formula is C9H14N4O3S. The Kier molecular flexibility index (Phi) is 5.13.